The van der Waals surface area contributed by atoms with E-state index in [1.54, 1.807) is 0 Å². The monoisotopic (exact) mass is 263 g/mol. The number of anilines is 1. The number of amides is 1. The van der Waals surface area contributed by atoms with E-state index in [0.29, 0.717) is 17.7 Å². The highest BCUT2D eigenvalue weighted by Gasteiger charge is 2.25. The van der Waals surface area contributed by atoms with Crippen molar-refractivity contribution < 1.29 is 9.53 Å². The third kappa shape index (κ3) is 3.36. The van der Waals surface area contributed by atoms with Gasteiger partial charge in [-0.3, -0.25) is 4.79 Å². The molecular weight excluding hydrogens is 242 g/mol. The molecule has 1 aromatic heterocycles. The lowest BCUT2D eigenvalue weighted by Gasteiger charge is -2.31. The van der Waals surface area contributed by atoms with Gasteiger partial charge in [0.15, 0.2) is 0 Å². The molecule has 1 saturated carbocycles. The number of ether oxygens (including phenoxy) is 1. The number of nitrogens with zero attached hydrogens (tertiary/aromatic N) is 1. The van der Waals surface area contributed by atoms with E-state index in [1.807, 2.05) is 0 Å². The molecule has 1 heterocycles. The maximum Gasteiger partial charge on any atom is 0.251 e. The first-order valence-corrected chi connectivity index (χ1v) is 6.67. The average Bonchev–Trinajstić information content (AvgIpc) is 2.30. The molecule has 0 bridgehead atoms. The van der Waals surface area contributed by atoms with Gasteiger partial charge in [0.25, 0.3) is 5.91 Å². The third-order valence-corrected chi connectivity index (χ3v) is 3.60. The molecule has 5 heteroatoms. The number of aromatic nitrogens is 1. The van der Waals surface area contributed by atoms with Crippen molar-refractivity contribution in [1.29, 1.82) is 0 Å². The number of pyridine rings is 1. The number of hydrogen-bond acceptors (Lipinski definition) is 4. The molecule has 2 atom stereocenters. The summed E-state index contributed by atoms with van der Waals surface area (Å²) in [5.74, 6) is 1.17. The first-order valence-electron chi connectivity index (χ1n) is 6.67. The van der Waals surface area contributed by atoms with Crippen LogP contribution in [0.4, 0.5) is 5.69 Å². The summed E-state index contributed by atoms with van der Waals surface area (Å²) >= 11 is 0. The zero-order valence-electron chi connectivity index (χ0n) is 11.4. The fourth-order valence-electron chi connectivity index (χ4n) is 2.86. The van der Waals surface area contributed by atoms with Crippen LogP contribution in [0.2, 0.25) is 0 Å². The van der Waals surface area contributed by atoms with Crippen molar-refractivity contribution >= 4 is 11.6 Å². The van der Waals surface area contributed by atoms with E-state index in [1.165, 1.54) is 18.7 Å². The van der Waals surface area contributed by atoms with Gasteiger partial charge in [0, 0.05) is 6.07 Å². The van der Waals surface area contributed by atoms with E-state index < -0.39 is 5.91 Å². The zero-order chi connectivity index (χ0) is 14.0. The van der Waals surface area contributed by atoms with E-state index >= 15 is 0 Å². The molecule has 2 unspecified atom stereocenters. The number of primary amides is 1. The van der Waals surface area contributed by atoms with E-state index in [9.17, 15) is 4.79 Å². The molecule has 104 valence electrons. The van der Waals surface area contributed by atoms with Crippen LogP contribution in [-0.4, -0.2) is 17.0 Å². The van der Waals surface area contributed by atoms with Crippen molar-refractivity contribution in [2.45, 2.75) is 39.2 Å². The predicted molar refractivity (Wildman–Crippen MR) is 73.8 cm³/mol. The highest BCUT2D eigenvalue weighted by atomic mass is 16.5. The first-order chi connectivity index (χ1) is 8.95. The number of nitrogen functional groups attached to an aromatic ring is 1. The Morgan fingerprint density at radius 3 is 2.53 bits per heavy atom. The number of nitrogens with two attached hydrogens (primary N) is 2. The van der Waals surface area contributed by atoms with Crippen molar-refractivity contribution in [3.63, 3.8) is 0 Å². The Balaban J connectivity index is 2.10. The van der Waals surface area contributed by atoms with Crippen molar-refractivity contribution in [3.8, 4) is 5.88 Å². The van der Waals surface area contributed by atoms with Gasteiger partial charge in [-0.25, -0.2) is 4.98 Å². The summed E-state index contributed by atoms with van der Waals surface area (Å²) in [6, 6.07) is 1.53. The van der Waals surface area contributed by atoms with E-state index in [-0.39, 0.29) is 17.4 Å². The summed E-state index contributed by atoms with van der Waals surface area (Å²) < 4.78 is 5.87. The summed E-state index contributed by atoms with van der Waals surface area (Å²) in [6.45, 7) is 4.47. The van der Waals surface area contributed by atoms with Gasteiger partial charge in [-0.2, -0.15) is 0 Å². The number of carbonyl (C=O) groups is 1. The van der Waals surface area contributed by atoms with Crippen LogP contribution in [0, 0.1) is 11.8 Å². The molecule has 0 radical (unpaired) electrons. The third-order valence-electron chi connectivity index (χ3n) is 3.60. The van der Waals surface area contributed by atoms with E-state index in [4.69, 9.17) is 16.2 Å². The zero-order valence-corrected chi connectivity index (χ0v) is 11.4. The van der Waals surface area contributed by atoms with Crippen LogP contribution in [0.15, 0.2) is 12.3 Å². The van der Waals surface area contributed by atoms with Crippen LogP contribution >= 0.6 is 0 Å². The molecule has 1 amide bonds. The van der Waals surface area contributed by atoms with Crippen LogP contribution in [0.25, 0.3) is 0 Å². The highest BCUT2D eigenvalue weighted by Crippen LogP contribution is 2.31. The molecule has 4 N–H and O–H groups in total. The van der Waals surface area contributed by atoms with Gasteiger partial charge in [-0.1, -0.05) is 13.8 Å². The normalized spacial score (nSPS) is 26.9. The van der Waals surface area contributed by atoms with Gasteiger partial charge < -0.3 is 16.2 Å². The van der Waals surface area contributed by atoms with Crippen LogP contribution in [0.5, 0.6) is 5.88 Å². The molecule has 1 aliphatic rings. The van der Waals surface area contributed by atoms with Crippen molar-refractivity contribution in [2.24, 2.45) is 17.6 Å². The Morgan fingerprint density at radius 2 is 1.95 bits per heavy atom. The largest absolute Gasteiger partial charge is 0.474 e. The van der Waals surface area contributed by atoms with Crippen LogP contribution in [-0.2, 0) is 0 Å². The average molecular weight is 263 g/mol. The second kappa shape index (κ2) is 5.47. The number of hydrogen-bond donors (Lipinski definition) is 2. The summed E-state index contributed by atoms with van der Waals surface area (Å²) in [7, 11) is 0. The molecular formula is C14H21N3O2. The van der Waals surface area contributed by atoms with E-state index in [0.717, 1.165) is 12.8 Å². The quantitative estimate of drug-likeness (QED) is 0.872. The van der Waals surface area contributed by atoms with Crippen LogP contribution in [0.3, 0.4) is 0 Å². The molecule has 2 rings (SSSR count). The van der Waals surface area contributed by atoms with Gasteiger partial charge in [0.05, 0.1) is 17.4 Å². The molecule has 1 fully saturated rings. The lowest BCUT2D eigenvalue weighted by atomic mass is 9.82. The Labute approximate surface area is 113 Å². The summed E-state index contributed by atoms with van der Waals surface area (Å²) in [5.41, 5.74) is 11.5. The minimum absolute atomic E-state index is 0.149. The second-order valence-corrected chi connectivity index (χ2v) is 5.63. The molecule has 0 aliphatic heterocycles. The lowest BCUT2D eigenvalue weighted by Crippen LogP contribution is -2.29. The molecule has 0 saturated heterocycles. The van der Waals surface area contributed by atoms with Crippen LogP contribution < -0.4 is 16.2 Å². The minimum atomic E-state index is -0.560. The fourth-order valence-corrected chi connectivity index (χ4v) is 2.86. The maximum absolute atomic E-state index is 11.2. The molecule has 1 aliphatic carbocycles. The van der Waals surface area contributed by atoms with E-state index in [2.05, 4.69) is 18.8 Å². The molecule has 19 heavy (non-hydrogen) atoms. The van der Waals surface area contributed by atoms with Crippen molar-refractivity contribution in [3.05, 3.63) is 17.8 Å². The van der Waals surface area contributed by atoms with Crippen molar-refractivity contribution in [1.82, 2.24) is 4.98 Å². The maximum atomic E-state index is 11.2. The summed E-state index contributed by atoms with van der Waals surface area (Å²) in [5, 5.41) is 0. The topological polar surface area (TPSA) is 91.2 Å². The van der Waals surface area contributed by atoms with Crippen molar-refractivity contribution in [2.75, 3.05) is 5.73 Å². The lowest BCUT2D eigenvalue weighted by molar-refractivity contribution is 0.0951. The van der Waals surface area contributed by atoms with Gasteiger partial charge in [-0.15, -0.1) is 0 Å². The van der Waals surface area contributed by atoms with Crippen LogP contribution in [0.1, 0.15) is 43.5 Å². The molecule has 1 aromatic rings. The summed E-state index contributed by atoms with van der Waals surface area (Å²) in [4.78, 5) is 15.3. The Kier molecular flexibility index (Phi) is 3.93. The fraction of sp³-hybridized carbons (Fsp3) is 0.571. The molecule has 5 nitrogen and oxygen atoms in total. The minimum Gasteiger partial charge on any atom is -0.474 e. The Morgan fingerprint density at radius 1 is 1.32 bits per heavy atom. The molecule has 0 spiro atoms. The second-order valence-electron chi connectivity index (χ2n) is 5.63. The smallest absolute Gasteiger partial charge is 0.251 e. The number of rotatable bonds is 3. The highest BCUT2D eigenvalue weighted by molar-refractivity contribution is 5.97. The Hall–Kier alpha value is -1.78. The SMILES string of the molecule is CC1CC(C)CC(Oc2cc(C(N)=O)c(N)cn2)C1. The van der Waals surface area contributed by atoms with Gasteiger partial charge >= 0.3 is 0 Å². The molecule has 0 aromatic carbocycles. The van der Waals surface area contributed by atoms with Gasteiger partial charge in [-0.05, 0) is 31.1 Å². The van der Waals surface area contributed by atoms with Gasteiger partial charge in [0.2, 0.25) is 5.88 Å². The Bertz CT molecular complexity index is 466. The predicted octanol–water partition coefficient (Wildman–Crippen LogP) is 1.97. The first kappa shape index (κ1) is 13.6. The summed E-state index contributed by atoms with van der Waals surface area (Å²) in [6.07, 6.45) is 4.84. The standard InChI is InChI=1S/C14H21N3O2/c1-8-3-9(2)5-10(4-8)19-13-6-11(14(16)18)12(15)7-17-13/h6-10H,3-5,15H2,1-2H3,(H2,16,18). The number of carbonyl (C=O) groups excluding carboxylic acids is 1. The van der Waals surface area contributed by atoms with Gasteiger partial charge in [0.1, 0.15) is 6.10 Å².